The Morgan fingerprint density at radius 2 is 1.65 bits per heavy atom. The van der Waals surface area contributed by atoms with Crippen LogP contribution in [-0.4, -0.2) is 56.5 Å². The van der Waals surface area contributed by atoms with Gasteiger partial charge >= 0.3 is 0 Å². The number of carbonyl (C=O) groups is 1. The lowest BCUT2D eigenvalue weighted by Gasteiger charge is -2.24. The van der Waals surface area contributed by atoms with E-state index in [0.29, 0.717) is 22.4 Å². The topological polar surface area (TPSA) is 94.5 Å². The summed E-state index contributed by atoms with van der Waals surface area (Å²) in [6.45, 7) is 0. The first-order chi connectivity index (χ1) is 17.8. The van der Waals surface area contributed by atoms with E-state index in [1.165, 1.54) is 11.8 Å². The molecule has 2 heterocycles. The second kappa shape index (κ2) is 10.5. The Kier molecular flexibility index (Phi) is 7.12. The Labute approximate surface area is 220 Å². The van der Waals surface area contributed by atoms with Crippen molar-refractivity contribution in [3.8, 4) is 23.0 Å². The lowest BCUT2D eigenvalue weighted by Crippen LogP contribution is -2.37. The second-order valence-electron chi connectivity index (χ2n) is 8.73. The number of nitrogens with zero attached hydrogens (tertiary/aromatic N) is 2. The van der Waals surface area contributed by atoms with Crippen molar-refractivity contribution in [3.05, 3.63) is 78.4 Å². The third-order valence-electron chi connectivity index (χ3n) is 6.18. The molecule has 10 heteroatoms. The van der Waals surface area contributed by atoms with E-state index >= 15 is 0 Å². The van der Waals surface area contributed by atoms with Crippen molar-refractivity contribution in [2.24, 2.45) is 4.99 Å². The van der Waals surface area contributed by atoms with E-state index in [1.54, 1.807) is 32.4 Å². The van der Waals surface area contributed by atoms with Crippen LogP contribution >= 0.6 is 11.8 Å². The van der Waals surface area contributed by atoms with Gasteiger partial charge in [0, 0.05) is 10.9 Å². The molecule has 3 aromatic rings. The lowest BCUT2D eigenvalue weighted by atomic mass is 10.1. The highest BCUT2D eigenvalue weighted by molar-refractivity contribution is 8.16. The van der Waals surface area contributed by atoms with Crippen molar-refractivity contribution in [1.82, 2.24) is 0 Å². The summed E-state index contributed by atoms with van der Waals surface area (Å²) in [6, 6.07) is 21.8. The zero-order valence-corrected chi connectivity index (χ0v) is 22.0. The van der Waals surface area contributed by atoms with Crippen LogP contribution in [0.25, 0.3) is 0 Å². The molecular formula is C27H26N2O6S2. The molecule has 2 aliphatic rings. The fraction of sp³-hybridized carbons (Fsp3) is 0.259. The number of anilines is 1. The molecule has 0 spiro atoms. The molecule has 2 atom stereocenters. The highest BCUT2D eigenvalue weighted by Crippen LogP contribution is 2.41. The second-order valence-corrected chi connectivity index (χ2v) is 12.1. The Hall–Kier alpha value is -3.50. The van der Waals surface area contributed by atoms with Crippen molar-refractivity contribution in [3.63, 3.8) is 0 Å². The van der Waals surface area contributed by atoms with Gasteiger partial charge in [-0.15, -0.1) is 0 Å². The molecule has 192 valence electrons. The molecule has 0 unspecified atom stereocenters. The Morgan fingerprint density at radius 3 is 2.35 bits per heavy atom. The summed E-state index contributed by atoms with van der Waals surface area (Å²) >= 11 is 1.35. The van der Waals surface area contributed by atoms with Crippen LogP contribution in [0.3, 0.4) is 0 Å². The number of aliphatic imine (C=N–C) groups is 1. The number of fused-ring (bicyclic) bond motifs is 1. The molecule has 0 N–H and O–H groups in total. The fourth-order valence-electron chi connectivity index (χ4n) is 4.48. The SMILES string of the molecule is COc1ccc(CC(=O)N=C2S[C@@H]3CS(=O)(=O)C[C@@H]3N2c2ccc(Oc3ccccc3)cc2)cc1OC. The van der Waals surface area contributed by atoms with Crippen LogP contribution in [0.15, 0.2) is 77.8 Å². The number of methoxy groups -OCH3 is 2. The van der Waals surface area contributed by atoms with Crippen LogP contribution in [0.5, 0.6) is 23.0 Å². The average molecular weight is 539 g/mol. The van der Waals surface area contributed by atoms with Crippen LogP contribution < -0.4 is 19.1 Å². The fourth-order valence-corrected chi connectivity index (χ4v) is 8.41. The molecule has 2 fully saturated rings. The molecule has 2 aliphatic heterocycles. The molecule has 1 amide bonds. The maximum atomic E-state index is 13.0. The molecule has 0 radical (unpaired) electrons. The summed E-state index contributed by atoms with van der Waals surface area (Å²) in [5.41, 5.74) is 1.50. The molecule has 5 rings (SSSR count). The minimum atomic E-state index is -3.16. The van der Waals surface area contributed by atoms with Gasteiger partial charge in [0.1, 0.15) is 11.5 Å². The Balaban J connectivity index is 1.39. The van der Waals surface area contributed by atoms with Crippen LogP contribution in [0, 0.1) is 0 Å². The molecule has 37 heavy (non-hydrogen) atoms. The third kappa shape index (κ3) is 5.60. The van der Waals surface area contributed by atoms with Gasteiger partial charge in [-0.05, 0) is 54.1 Å². The maximum Gasteiger partial charge on any atom is 0.252 e. The predicted octanol–water partition coefficient (Wildman–Crippen LogP) is 4.34. The van der Waals surface area contributed by atoms with Gasteiger partial charge in [0.2, 0.25) is 0 Å². The van der Waals surface area contributed by atoms with Gasteiger partial charge in [-0.25, -0.2) is 8.42 Å². The van der Waals surface area contributed by atoms with Gasteiger partial charge in [-0.2, -0.15) is 4.99 Å². The van der Waals surface area contributed by atoms with Crippen molar-refractivity contribution in [2.75, 3.05) is 30.6 Å². The number of carbonyl (C=O) groups excluding carboxylic acids is 1. The third-order valence-corrected chi connectivity index (χ3v) is 9.39. The zero-order chi connectivity index (χ0) is 26.0. The number of amidine groups is 1. The number of hydrogen-bond donors (Lipinski definition) is 0. The first-order valence-electron chi connectivity index (χ1n) is 11.7. The summed E-state index contributed by atoms with van der Waals surface area (Å²) in [6.07, 6.45) is 0.0791. The summed E-state index contributed by atoms with van der Waals surface area (Å²) in [7, 11) is -0.0680. The number of benzene rings is 3. The van der Waals surface area contributed by atoms with Gasteiger partial charge in [-0.1, -0.05) is 36.0 Å². The summed E-state index contributed by atoms with van der Waals surface area (Å²) in [5, 5.41) is 0.324. The highest BCUT2D eigenvalue weighted by atomic mass is 32.2. The van der Waals surface area contributed by atoms with Crippen LogP contribution in [-0.2, 0) is 21.1 Å². The molecule has 0 aromatic heterocycles. The summed E-state index contributed by atoms with van der Waals surface area (Å²) in [4.78, 5) is 19.3. The zero-order valence-electron chi connectivity index (χ0n) is 20.4. The van der Waals surface area contributed by atoms with E-state index in [9.17, 15) is 13.2 Å². The van der Waals surface area contributed by atoms with Gasteiger partial charge in [-0.3, -0.25) is 4.79 Å². The summed E-state index contributed by atoms with van der Waals surface area (Å²) in [5.74, 6) is 2.25. The molecule has 8 nitrogen and oxygen atoms in total. The Bertz CT molecular complexity index is 1430. The van der Waals surface area contributed by atoms with E-state index in [0.717, 1.165) is 17.0 Å². The van der Waals surface area contributed by atoms with E-state index in [1.807, 2.05) is 59.5 Å². The number of amides is 1. The van der Waals surface area contributed by atoms with Gasteiger partial charge in [0.05, 0.1) is 38.2 Å². The molecule has 0 bridgehead atoms. The standard InChI is InChI=1S/C27H26N2O6S2/c1-33-23-13-8-18(14-24(23)34-2)15-26(30)28-27-29(22-16-37(31,32)17-25(22)36-27)19-9-11-21(12-10-19)35-20-6-4-3-5-7-20/h3-14,22,25H,15-17H2,1-2H3/t22-,25+/m0/s1. The van der Waals surface area contributed by atoms with Crippen LogP contribution in [0.2, 0.25) is 0 Å². The predicted molar refractivity (Wildman–Crippen MR) is 145 cm³/mol. The van der Waals surface area contributed by atoms with Crippen molar-refractivity contribution in [2.45, 2.75) is 17.7 Å². The number of para-hydroxylation sites is 1. The van der Waals surface area contributed by atoms with Gasteiger partial charge in [0.25, 0.3) is 5.91 Å². The van der Waals surface area contributed by atoms with Crippen molar-refractivity contribution in [1.29, 1.82) is 0 Å². The normalized spacial score (nSPS) is 21.0. The van der Waals surface area contributed by atoms with E-state index in [4.69, 9.17) is 14.2 Å². The summed E-state index contributed by atoms with van der Waals surface area (Å²) < 4.78 is 41.2. The maximum absolute atomic E-state index is 13.0. The number of hydrogen-bond acceptors (Lipinski definition) is 7. The highest BCUT2D eigenvalue weighted by Gasteiger charge is 2.49. The number of thioether (sulfide) groups is 1. The monoisotopic (exact) mass is 538 g/mol. The van der Waals surface area contributed by atoms with E-state index in [-0.39, 0.29) is 35.1 Å². The lowest BCUT2D eigenvalue weighted by molar-refractivity contribution is -0.117. The average Bonchev–Trinajstić information content (AvgIpc) is 3.35. The van der Waals surface area contributed by atoms with Gasteiger partial charge < -0.3 is 19.1 Å². The van der Waals surface area contributed by atoms with Crippen molar-refractivity contribution >= 4 is 38.4 Å². The molecule has 2 saturated heterocycles. The van der Waals surface area contributed by atoms with Gasteiger partial charge in [0.15, 0.2) is 26.5 Å². The van der Waals surface area contributed by atoms with E-state index in [2.05, 4.69) is 4.99 Å². The molecule has 3 aromatic carbocycles. The minimum absolute atomic E-state index is 0.0236. The smallest absolute Gasteiger partial charge is 0.252 e. The first kappa shape index (κ1) is 25.2. The first-order valence-corrected chi connectivity index (χ1v) is 14.4. The number of ether oxygens (including phenoxy) is 3. The Morgan fingerprint density at radius 1 is 0.946 bits per heavy atom. The van der Waals surface area contributed by atoms with E-state index < -0.39 is 9.84 Å². The van der Waals surface area contributed by atoms with Crippen molar-refractivity contribution < 1.29 is 27.4 Å². The molecule has 0 aliphatic carbocycles. The van der Waals surface area contributed by atoms with Crippen LogP contribution in [0.4, 0.5) is 5.69 Å². The number of sulfone groups is 1. The number of rotatable bonds is 7. The molecular weight excluding hydrogens is 512 g/mol. The minimum Gasteiger partial charge on any atom is -0.493 e. The quantitative estimate of drug-likeness (QED) is 0.439. The molecule has 0 saturated carbocycles. The largest absolute Gasteiger partial charge is 0.493 e. The van der Waals surface area contributed by atoms with Crippen LogP contribution in [0.1, 0.15) is 5.56 Å².